The quantitative estimate of drug-likeness (QED) is 0.460. The Morgan fingerprint density at radius 2 is 1.88 bits per heavy atom. The Kier molecular flexibility index (Phi) is 13.5. The molecule has 0 radical (unpaired) electrons. The van der Waals surface area contributed by atoms with E-state index in [1.807, 2.05) is 32.0 Å². The summed E-state index contributed by atoms with van der Waals surface area (Å²) in [6.45, 7) is 17.5. The highest BCUT2D eigenvalue weighted by atomic mass is 15.4. The van der Waals surface area contributed by atoms with Gasteiger partial charge in [-0.15, -0.1) is 0 Å². The van der Waals surface area contributed by atoms with Gasteiger partial charge >= 0.3 is 0 Å². The summed E-state index contributed by atoms with van der Waals surface area (Å²) in [4.78, 5) is 0. The molecule has 0 aliphatic carbocycles. The van der Waals surface area contributed by atoms with Gasteiger partial charge in [0.2, 0.25) is 0 Å². The standard InChI is InChI=1S/C12H24N2.C2H6/c1-6-12(9-11(4)5)10-14(8-3)13-7-2;1-2/h7-8,11-12H,3,6,9-10H2,1-2,4-5H3;1-2H3/b13-7-;. The predicted octanol–water partition coefficient (Wildman–Crippen LogP) is 4.54. The lowest BCUT2D eigenvalue weighted by Gasteiger charge is -2.22. The zero-order valence-electron chi connectivity index (χ0n) is 12.0. The van der Waals surface area contributed by atoms with Crippen LogP contribution in [-0.2, 0) is 0 Å². The van der Waals surface area contributed by atoms with Crippen LogP contribution in [0, 0.1) is 11.8 Å². The monoisotopic (exact) mass is 226 g/mol. The van der Waals surface area contributed by atoms with Crippen LogP contribution in [0.5, 0.6) is 0 Å². The summed E-state index contributed by atoms with van der Waals surface area (Å²) in [6, 6.07) is 0. The normalized spacial score (nSPS) is 12.2. The Hall–Kier alpha value is -0.790. The van der Waals surface area contributed by atoms with E-state index >= 15 is 0 Å². The summed E-state index contributed by atoms with van der Waals surface area (Å²) in [6.07, 6.45) is 6.08. The molecule has 0 saturated heterocycles. The third-order valence-corrected chi connectivity index (χ3v) is 2.30. The third-order valence-electron chi connectivity index (χ3n) is 2.30. The van der Waals surface area contributed by atoms with E-state index in [1.165, 1.54) is 12.8 Å². The average Bonchev–Trinajstić information content (AvgIpc) is 2.29. The third kappa shape index (κ3) is 9.75. The van der Waals surface area contributed by atoms with Crippen molar-refractivity contribution >= 4 is 6.21 Å². The van der Waals surface area contributed by atoms with Gasteiger partial charge in [0.25, 0.3) is 0 Å². The Labute approximate surface area is 102 Å². The molecule has 0 fully saturated rings. The highest BCUT2D eigenvalue weighted by Gasteiger charge is 2.10. The van der Waals surface area contributed by atoms with E-state index < -0.39 is 0 Å². The van der Waals surface area contributed by atoms with Crippen molar-refractivity contribution in [2.24, 2.45) is 16.9 Å². The first-order valence-electron chi connectivity index (χ1n) is 6.51. The van der Waals surface area contributed by atoms with Crippen molar-refractivity contribution in [3.8, 4) is 0 Å². The second-order valence-electron chi connectivity index (χ2n) is 4.08. The fourth-order valence-corrected chi connectivity index (χ4v) is 1.62. The summed E-state index contributed by atoms with van der Waals surface area (Å²) in [7, 11) is 0. The first kappa shape index (κ1) is 17.6. The van der Waals surface area contributed by atoms with Gasteiger partial charge < -0.3 is 0 Å². The first-order valence-corrected chi connectivity index (χ1v) is 6.51. The highest BCUT2D eigenvalue weighted by Crippen LogP contribution is 2.16. The van der Waals surface area contributed by atoms with E-state index in [0.29, 0.717) is 0 Å². The maximum Gasteiger partial charge on any atom is 0.0436 e. The highest BCUT2D eigenvalue weighted by molar-refractivity contribution is 5.52. The molecule has 1 unspecified atom stereocenters. The minimum atomic E-state index is 0.719. The molecule has 0 N–H and O–H groups in total. The first-order chi connectivity index (χ1) is 7.63. The second kappa shape index (κ2) is 12.3. The van der Waals surface area contributed by atoms with Crippen LogP contribution < -0.4 is 0 Å². The van der Waals surface area contributed by atoms with Crippen LogP contribution in [0.4, 0.5) is 0 Å². The zero-order chi connectivity index (χ0) is 13.0. The van der Waals surface area contributed by atoms with E-state index in [2.05, 4.69) is 32.5 Å². The molecular formula is C14H30N2. The molecule has 0 aromatic heterocycles. The summed E-state index contributed by atoms with van der Waals surface area (Å²) in [5.41, 5.74) is 0. The molecule has 0 aliphatic rings. The van der Waals surface area contributed by atoms with Crippen LogP contribution in [0.25, 0.3) is 0 Å². The van der Waals surface area contributed by atoms with Gasteiger partial charge in [0.15, 0.2) is 0 Å². The fraction of sp³-hybridized carbons (Fsp3) is 0.786. The van der Waals surface area contributed by atoms with E-state index in [4.69, 9.17) is 0 Å². The maximum atomic E-state index is 4.23. The van der Waals surface area contributed by atoms with Gasteiger partial charge in [-0.25, -0.2) is 0 Å². The molecule has 2 nitrogen and oxygen atoms in total. The molecular weight excluding hydrogens is 196 g/mol. The minimum absolute atomic E-state index is 0.719. The van der Waals surface area contributed by atoms with Crippen molar-refractivity contribution in [2.45, 2.75) is 54.4 Å². The summed E-state index contributed by atoms with van der Waals surface area (Å²) < 4.78 is 0. The van der Waals surface area contributed by atoms with Crippen LogP contribution in [0.1, 0.15) is 54.4 Å². The predicted molar refractivity (Wildman–Crippen MR) is 75.7 cm³/mol. The van der Waals surface area contributed by atoms with E-state index in [9.17, 15) is 0 Å². The van der Waals surface area contributed by atoms with Crippen molar-refractivity contribution in [1.82, 2.24) is 5.01 Å². The van der Waals surface area contributed by atoms with Crippen molar-refractivity contribution in [3.63, 3.8) is 0 Å². The Morgan fingerprint density at radius 1 is 1.31 bits per heavy atom. The van der Waals surface area contributed by atoms with Gasteiger partial charge in [-0.05, 0) is 25.2 Å². The van der Waals surface area contributed by atoms with Crippen molar-refractivity contribution in [1.29, 1.82) is 0 Å². The molecule has 0 rings (SSSR count). The Bertz CT molecular complexity index is 174. The molecule has 1 atom stereocenters. The van der Waals surface area contributed by atoms with Gasteiger partial charge in [0, 0.05) is 19.0 Å². The molecule has 0 aliphatic heterocycles. The van der Waals surface area contributed by atoms with Crippen LogP contribution in [0.15, 0.2) is 17.9 Å². The second-order valence-corrected chi connectivity index (χ2v) is 4.08. The van der Waals surface area contributed by atoms with Gasteiger partial charge in [-0.2, -0.15) is 5.10 Å². The summed E-state index contributed by atoms with van der Waals surface area (Å²) in [5, 5.41) is 6.16. The van der Waals surface area contributed by atoms with E-state index in [1.54, 1.807) is 6.20 Å². The number of hydrogen-bond acceptors (Lipinski definition) is 2. The molecule has 0 heterocycles. The zero-order valence-corrected chi connectivity index (χ0v) is 12.0. The van der Waals surface area contributed by atoms with Crippen LogP contribution in [0.2, 0.25) is 0 Å². The number of hydrazone groups is 1. The molecule has 0 bridgehead atoms. The van der Waals surface area contributed by atoms with Crippen molar-refractivity contribution in [3.05, 3.63) is 12.8 Å². The fourth-order valence-electron chi connectivity index (χ4n) is 1.62. The summed E-state index contributed by atoms with van der Waals surface area (Å²) >= 11 is 0. The molecule has 0 aromatic rings. The number of rotatable bonds is 7. The lowest BCUT2D eigenvalue weighted by atomic mass is 9.95. The van der Waals surface area contributed by atoms with Crippen LogP contribution in [-0.4, -0.2) is 17.8 Å². The van der Waals surface area contributed by atoms with Gasteiger partial charge in [-0.3, -0.25) is 5.01 Å². The maximum absolute atomic E-state index is 4.23. The summed E-state index contributed by atoms with van der Waals surface area (Å²) in [5.74, 6) is 1.48. The smallest absolute Gasteiger partial charge is 0.0436 e. The number of nitrogens with zero attached hydrogens (tertiary/aromatic N) is 2. The lowest BCUT2D eigenvalue weighted by Crippen LogP contribution is -2.21. The molecule has 16 heavy (non-hydrogen) atoms. The van der Waals surface area contributed by atoms with E-state index in [-0.39, 0.29) is 0 Å². The lowest BCUT2D eigenvalue weighted by molar-refractivity contribution is 0.281. The minimum Gasteiger partial charge on any atom is -0.273 e. The van der Waals surface area contributed by atoms with Crippen LogP contribution in [0.3, 0.4) is 0 Å². The van der Waals surface area contributed by atoms with Crippen LogP contribution >= 0.6 is 0 Å². The molecule has 96 valence electrons. The van der Waals surface area contributed by atoms with Crippen molar-refractivity contribution in [2.75, 3.05) is 6.54 Å². The SMILES string of the molecule is C=CN(CC(CC)CC(C)C)/N=C\C.CC. The largest absolute Gasteiger partial charge is 0.273 e. The Balaban J connectivity index is 0. The topological polar surface area (TPSA) is 15.6 Å². The van der Waals surface area contributed by atoms with Gasteiger partial charge in [0.1, 0.15) is 0 Å². The number of hydrogen-bond donors (Lipinski definition) is 0. The average molecular weight is 226 g/mol. The van der Waals surface area contributed by atoms with E-state index in [0.717, 1.165) is 18.4 Å². The molecule has 2 heteroatoms. The van der Waals surface area contributed by atoms with Gasteiger partial charge in [0.05, 0.1) is 0 Å². The Morgan fingerprint density at radius 3 is 2.19 bits per heavy atom. The molecule has 0 amide bonds. The van der Waals surface area contributed by atoms with Gasteiger partial charge in [-0.1, -0.05) is 47.6 Å². The van der Waals surface area contributed by atoms with Crippen molar-refractivity contribution < 1.29 is 0 Å². The molecule has 0 saturated carbocycles. The molecule has 0 aromatic carbocycles. The molecule has 0 spiro atoms.